The minimum absolute atomic E-state index is 0. The van der Waals surface area contributed by atoms with E-state index in [4.69, 9.17) is 22.1 Å². The van der Waals surface area contributed by atoms with Crippen LogP contribution in [0.2, 0.25) is 5.15 Å². The molecule has 3 aromatic rings. The summed E-state index contributed by atoms with van der Waals surface area (Å²) in [5.74, 6) is 1.79. The van der Waals surface area contributed by atoms with Crippen LogP contribution in [-0.4, -0.2) is 33.6 Å². The van der Waals surface area contributed by atoms with Crippen molar-refractivity contribution in [3.05, 3.63) is 65.7 Å². The van der Waals surface area contributed by atoms with E-state index in [0.717, 1.165) is 53.0 Å². The van der Waals surface area contributed by atoms with Crippen molar-refractivity contribution >= 4 is 29.2 Å². The van der Waals surface area contributed by atoms with Gasteiger partial charge in [-0.25, -0.2) is 15.0 Å². The first-order valence-corrected chi connectivity index (χ1v) is 10.7. The van der Waals surface area contributed by atoms with Crippen molar-refractivity contribution < 1.29 is 4.74 Å². The first-order valence-electron chi connectivity index (χ1n) is 9.53. The number of benzene rings is 1. The van der Waals surface area contributed by atoms with Crippen molar-refractivity contribution in [3.63, 3.8) is 0 Å². The molecular weight excluding hydrogens is 418 g/mol. The molecule has 2 N–H and O–H groups in total. The van der Waals surface area contributed by atoms with Gasteiger partial charge in [-0.05, 0) is 18.2 Å². The Labute approximate surface area is 185 Å². The molecule has 0 unspecified atom stereocenters. The van der Waals surface area contributed by atoms with Crippen LogP contribution < -0.4 is 15.4 Å². The van der Waals surface area contributed by atoms with Crippen LogP contribution in [0.25, 0.3) is 0 Å². The Bertz CT molecular complexity index is 1020. The van der Waals surface area contributed by atoms with Crippen molar-refractivity contribution in [1.82, 2.24) is 15.0 Å². The highest BCUT2D eigenvalue weighted by Gasteiger charge is 2.48. The molecule has 6 nitrogen and oxygen atoms in total. The van der Waals surface area contributed by atoms with E-state index in [1.807, 2.05) is 36.5 Å². The Balaban J connectivity index is 0.00000218. The maximum atomic E-state index is 6.56. The molecule has 1 saturated heterocycles. The Hall–Kier alpha value is -2.35. The summed E-state index contributed by atoms with van der Waals surface area (Å²) in [5, 5.41) is 1.26. The molecule has 4 heterocycles. The zero-order valence-corrected chi connectivity index (χ0v) is 17.2. The smallest absolute Gasteiger partial charge is 0.147 e. The minimum atomic E-state index is -0.319. The Morgan fingerprint density at radius 3 is 2.57 bits per heavy atom. The molecule has 1 atom stereocenters. The first kappa shape index (κ1) is 20.9. The number of hydrogen-bond acceptors (Lipinski definition) is 7. The van der Waals surface area contributed by atoms with E-state index in [0.29, 0.717) is 5.15 Å². The number of nitrogens with zero attached hydrogens (tertiary/aromatic N) is 4. The molecule has 0 radical (unpaired) electrons. The number of hydrogen-bond donors (Lipinski definition) is 1. The number of halogens is 1. The Morgan fingerprint density at radius 2 is 1.87 bits per heavy atom. The predicted molar refractivity (Wildman–Crippen MR) is 120 cm³/mol. The summed E-state index contributed by atoms with van der Waals surface area (Å²) in [5.41, 5.74) is 7.34. The van der Waals surface area contributed by atoms with Crippen molar-refractivity contribution in [3.8, 4) is 5.75 Å². The number of fused-ring (bicyclic) bond motifs is 1. The first-order chi connectivity index (χ1) is 14.1. The zero-order chi connectivity index (χ0) is 19.8. The number of aromatic nitrogens is 3. The van der Waals surface area contributed by atoms with E-state index in [-0.39, 0.29) is 19.1 Å². The molecule has 1 aromatic carbocycles. The Morgan fingerprint density at radius 1 is 1.07 bits per heavy atom. The number of ether oxygens (including phenoxy) is 1. The van der Waals surface area contributed by atoms with Crippen LogP contribution in [0.4, 0.5) is 5.82 Å². The zero-order valence-electron chi connectivity index (χ0n) is 15.7. The fourth-order valence-electron chi connectivity index (χ4n) is 4.01. The van der Waals surface area contributed by atoms with Gasteiger partial charge in [0.25, 0.3) is 0 Å². The summed E-state index contributed by atoms with van der Waals surface area (Å²) >= 11 is 7.58. The third-order valence-corrected chi connectivity index (χ3v) is 7.00. The van der Waals surface area contributed by atoms with Crippen LogP contribution in [0, 0.1) is 0 Å². The van der Waals surface area contributed by atoms with Crippen LogP contribution in [0.5, 0.6) is 5.75 Å². The van der Waals surface area contributed by atoms with Gasteiger partial charge >= 0.3 is 0 Å². The van der Waals surface area contributed by atoms with E-state index < -0.39 is 0 Å². The standard InChI is InChI=1S/C21H20ClN5OS.CH4/c22-20-16(6-3-9-24-20)29-18-13-25-17(12-26-18)27-10-7-21(8-11-27)19(23)14-4-1-2-5-15(14)28-21;/h1-6,9,12-13,19H,7-8,10-11,23H2;1H4/t19-;/m1./s1. The van der Waals surface area contributed by atoms with E-state index in [9.17, 15) is 0 Å². The van der Waals surface area contributed by atoms with Crippen molar-refractivity contribution in [2.75, 3.05) is 18.0 Å². The summed E-state index contributed by atoms with van der Waals surface area (Å²) in [6.45, 7) is 1.66. The van der Waals surface area contributed by atoms with Gasteiger partial charge in [-0.15, -0.1) is 0 Å². The summed E-state index contributed by atoms with van der Waals surface area (Å²) < 4.78 is 6.32. The number of nitrogens with two attached hydrogens (primary N) is 1. The van der Waals surface area contributed by atoms with Gasteiger partial charge in [0.2, 0.25) is 0 Å². The van der Waals surface area contributed by atoms with Gasteiger partial charge in [0.1, 0.15) is 27.3 Å². The second kappa shape index (κ2) is 8.41. The number of rotatable bonds is 3. The van der Waals surface area contributed by atoms with Crippen LogP contribution >= 0.6 is 23.4 Å². The minimum Gasteiger partial charge on any atom is -0.485 e. The number of anilines is 1. The van der Waals surface area contributed by atoms with E-state index in [1.54, 1.807) is 12.4 Å². The van der Waals surface area contributed by atoms with Crippen LogP contribution in [0.3, 0.4) is 0 Å². The molecule has 0 aliphatic carbocycles. The second-order valence-corrected chi connectivity index (χ2v) is 8.70. The Kier molecular flexibility index (Phi) is 5.86. The van der Waals surface area contributed by atoms with Gasteiger partial charge in [-0.2, -0.15) is 0 Å². The molecule has 0 bridgehead atoms. The third kappa shape index (κ3) is 3.73. The topological polar surface area (TPSA) is 77.2 Å². The molecule has 2 aromatic heterocycles. The number of para-hydroxylation sites is 1. The summed E-state index contributed by atoms with van der Waals surface area (Å²) in [6.07, 6.45) is 6.97. The fourth-order valence-corrected chi connectivity index (χ4v) is 4.96. The number of piperidine rings is 1. The highest BCUT2D eigenvalue weighted by molar-refractivity contribution is 7.99. The SMILES string of the molecule is C.N[C@@H]1c2ccccc2OC12CCN(c1cnc(Sc3cccnc3Cl)cn1)CC2. The quantitative estimate of drug-likeness (QED) is 0.588. The van der Waals surface area contributed by atoms with E-state index in [1.165, 1.54) is 11.8 Å². The number of pyridine rings is 1. The lowest BCUT2D eigenvalue weighted by molar-refractivity contribution is 0.0431. The normalized spacial score (nSPS) is 19.1. The van der Waals surface area contributed by atoms with Gasteiger partial charge < -0.3 is 15.4 Å². The van der Waals surface area contributed by atoms with Crippen LogP contribution in [-0.2, 0) is 0 Å². The molecule has 1 fully saturated rings. The molecule has 2 aliphatic heterocycles. The lowest BCUT2D eigenvalue weighted by Crippen LogP contribution is -2.51. The fraction of sp³-hybridized carbons (Fsp3) is 0.318. The van der Waals surface area contributed by atoms with E-state index in [2.05, 4.69) is 25.9 Å². The van der Waals surface area contributed by atoms with Gasteiger partial charge in [0, 0.05) is 37.7 Å². The second-order valence-electron chi connectivity index (χ2n) is 7.28. The van der Waals surface area contributed by atoms with Gasteiger partial charge in [0.05, 0.1) is 23.3 Å². The van der Waals surface area contributed by atoms with E-state index >= 15 is 0 Å². The third-order valence-electron chi connectivity index (χ3n) is 5.62. The molecular formula is C22H24ClN5OS. The molecule has 0 saturated carbocycles. The summed E-state index contributed by atoms with van der Waals surface area (Å²) in [7, 11) is 0. The molecule has 2 aliphatic rings. The molecule has 1 spiro atoms. The highest BCUT2D eigenvalue weighted by atomic mass is 35.5. The van der Waals surface area contributed by atoms with Gasteiger partial charge in [-0.1, -0.05) is 49.0 Å². The lowest BCUT2D eigenvalue weighted by Gasteiger charge is -2.41. The van der Waals surface area contributed by atoms with Crippen molar-refractivity contribution in [1.29, 1.82) is 0 Å². The highest BCUT2D eigenvalue weighted by Crippen LogP contribution is 2.47. The predicted octanol–water partition coefficient (Wildman–Crippen LogP) is 4.74. The van der Waals surface area contributed by atoms with Gasteiger partial charge in [-0.3, -0.25) is 0 Å². The molecule has 8 heteroatoms. The largest absolute Gasteiger partial charge is 0.485 e. The van der Waals surface area contributed by atoms with Crippen LogP contribution in [0.15, 0.2) is 64.9 Å². The maximum Gasteiger partial charge on any atom is 0.147 e. The lowest BCUT2D eigenvalue weighted by atomic mass is 9.83. The monoisotopic (exact) mass is 441 g/mol. The molecule has 156 valence electrons. The van der Waals surface area contributed by atoms with Crippen LogP contribution in [0.1, 0.15) is 31.9 Å². The van der Waals surface area contributed by atoms with Crippen molar-refractivity contribution in [2.24, 2.45) is 5.73 Å². The average Bonchev–Trinajstić information content (AvgIpc) is 3.03. The molecule has 5 rings (SSSR count). The molecule has 0 amide bonds. The van der Waals surface area contributed by atoms with Gasteiger partial charge in [0.15, 0.2) is 0 Å². The summed E-state index contributed by atoms with van der Waals surface area (Å²) in [6, 6.07) is 11.8. The molecule has 30 heavy (non-hydrogen) atoms. The maximum absolute atomic E-state index is 6.56. The average molecular weight is 442 g/mol. The van der Waals surface area contributed by atoms with Crippen molar-refractivity contribution in [2.45, 2.75) is 41.8 Å². The summed E-state index contributed by atoms with van der Waals surface area (Å²) in [4.78, 5) is 16.3.